The van der Waals surface area contributed by atoms with Crippen molar-refractivity contribution >= 4 is 34.9 Å². The molecule has 1 aromatic carbocycles. The molecule has 5 heteroatoms. The van der Waals surface area contributed by atoms with E-state index >= 15 is 0 Å². The highest BCUT2D eigenvalue weighted by Gasteiger charge is 2.10. The van der Waals surface area contributed by atoms with Crippen LogP contribution in [0, 0.1) is 5.92 Å². The number of anilines is 1. The standard InChI is InChI=1S/C11H13Cl2NO2/c1-7(11(15)16)4-5-14-10-6-8(12)2-3-9(10)13/h2-3,6-7,14H,4-5H2,1H3,(H,15,16). The summed E-state index contributed by atoms with van der Waals surface area (Å²) in [6, 6.07) is 5.12. The average molecular weight is 262 g/mol. The summed E-state index contributed by atoms with van der Waals surface area (Å²) in [5, 5.41) is 12.9. The fourth-order valence-electron chi connectivity index (χ4n) is 1.18. The van der Waals surface area contributed by atoms with E-state index in [1.807, 2.05) is 0 Å². The van der Waals surface area contributed by atoms with Gasteiger partial charge >= 0.3 is 5.97 Å². The Morgan fingerprint density at radius 2 is 2.19 bits per heavy atom. The molecule has 2 N–H and O–H groups in total. The van der Waals surface area contributed by atoms with Crippen LogP contribution in [0.3, 0.4) is 0 Å². The van der Waals surface area contributed by atoms with Crippen LogP contribution in [-0.2, 0) is 4.79 Å². The molecule has 1 atom stereocenters. The number of benzene rings is 1. The Bertz CT molecular complexity index is 382. The van der Waals surface area contributed by atoms with Crippen LogP contribution in [-0.4, -0.2) is 17.6 Å². The Morgan fingerprint density at radius 3 is 2.81 bits per heavy atom. The number of nitrogens with one attached hydrogen (secondary N) is 1. The summed E-state index contributed by atoms with van der Waals surface area (Å²) in [5.41, 5.74) is 0.728. The molecule has 0 heterocycles. The van der Waals surface area contributed by atoms with Crippen molar-refractivity contribution in [2.24, 2.45) is 5.92 Å². The number of carboxylic acid groups (broad SMARTS) is 1. The molecule has 0 radical (unpaired) electrons. The lowest BCUT2D eigenvalue weighted by Crippen LogP contribution is -2.14. The van der Waals surface area contributed by atoms with Gasteiger partial charge in [0.15, 0.2) is 0 Å². The van der Waals surface area contributed by atoms with E-state index in [1.54, 1.807) is 25.1 Å². The number of carbonyl (C=O) groups is 1. The average Bonchev–Trinajstić information content (AvgIpc) is 2.22. The second-order valence-electron chi connectivity index (χ2n) is 3.58. The van der Waals surface area contributed by atoms with E-state index in [4.69, 9.17) is 28.3 Å². The Kier molecular flexibility index (Phi) is 4.90. The van der Waals surface area contributed by atoms with Gasteiger partial charge in [-0.2, -0.15) is 0 Å². The highest BCUT2D eigenvalue weighted by Crippen LogP contribution is 2.25. The van der Waals surface area contributed by atoms with E-state index in [-0.39, 0.29) is 5.92 Å². The van der Waals surface area contributed by atoms with Gasteiger partial charge in [-0.25, -0.2) is 0 Å². The van der Waals surface area contributed by atoms with E-state index in [1.165, 1.54) is 0 Å². The first kappa shape index (κ1) is 13.1. The Hall–Kier alpha value is -0.930. The minimum atomic E-state index is -0.793. The van der Waals surface area contributed by atoms with E-state index < -0.39 is 5.97 Å². The first-order valence-electron chi connectivity index (χ1n) is 4.92. The summed E-state index contributed by atoms with van der Waals surface area (Å²) in [6.07, 6.45) is 0.540. The molecule has 1 aromatic rings. The summed E-state index contributed by atoms with van der Waals surface area (Å²) >= 11 is 11.8. The zero-order valence-electron chi connectivity index (χ0n) is 8.84. The largest absolute Gasteiger partial charge is 0.481 e. The monoisotopic (exact) mass is 261 g/mol. The molecule has 0 aliphatic heterocycles. The van der Waals surface area contributed by atoms with Gasteiger partial charge in [0.2, 0.25) is 0 Å². The predicted molar refractivity (Wildman–Crippen MR) is 66.4 cm³/mol. The summed E-state index contributed by atoms with van der Waals surface area (Å²) in [7, 11) is 0. The third-order valence-corrected chi connectivity index (χ3v) is 2.81. The van der Waals surface area contributed by atoms with Crippen molar-refractivity contribution in [3.05, 3.63) is 28.2 Å². The van der Waals surface area contributed by atoms with Gasteiger partial charge in [0.05, 0.1) is 16.6 Å². The first-order valence-corrected chi connectivity index (χ1v) is 5.68. The van der Waals surface area contributed by atoms with E-state index in [2.05, 4.69) is 5.32 Å². The van der Waals surface area contributed by atoms with Crippen LogP contribution in [0.2, 0.25) is 10.0 Å². The van der Waals surface area contributed by atoms with E-state index in [0.29, 0.717) is 23.0 Å². The molecule has 1 rings (SSSR count). The van der Waals surface area contributed by atoms with Gasteiger partial charge in [0, 0.05) is 11.6 Å². The van der Waals surface area contributed by atoms with Crippen molar-refractivity contribution in [3.63, 3.8) is 0 Å². The normalized spacial score (nSPS) is 12.2. The molecular formula is C11H13Cl2NO2. The molecule has 16 heavy (non-hydrogen) atoms. The fraction of sp³-hybridized carbons (Fsp3) is 0.364. The molecule has 0 aliphatic carbocycles. The number of aliphatic carboxylic acids is 1. The molecule has 0 saturated carbocycles. The van der Waals surface area contributed by atoms with Gasteiger partial charge in [-0.1, -0.05) is 30.1 Å². The maximum absolute atomic E-state index is 10.6. The lowest BCUT2D eigenvalue weighted by molar-refractivity contribution is -0.141. The summed E-state index contributed by atoms with van der Waals surface area (Å²) in [6.45, 7) is 2.22. The Labute approximate surface area is 104 Å². The maximum Gasteiger partial charge on any atom is 0.306 e. The molecule has 3 nitrogen and oxygen atoms in total. The smallest absolute Gasteiger partial charge is 0.306 e. The second kappa shape index (κ2) is 5.97. The summed E-state index contributed by atoms with van der Waals surface area (Å²) in [4.78, 5) is 10.6. The highest BCUT2D eigenvalue weighted by molar-refractivity contribution is 6.35. The second-order valence-corrected chi connectivity index (χ2v) is 4.42. The summed E-state index contributed by atoms with van der Waals surface area (Å²) in [5.74, 6) is -1.16. The molecule has 0 spiro atoms. The van der Waals surface area contributed by atoms with Crippen LogP contribution in [0.15, 0.2) is 18.2 Å². The SMILES string of the molecule is CC(CCNc1cc(Cl)ccc1Cl)C(=O)O. The lowest BCUT2D eigenvalue weighted by atomic mass is 10.1. The van der Waals surface area contributed by atoms with Crippen molar-refractivity contribution in [2.75, 3.05) is 11.9 Å². The quantitative estimate of drug-likeness (QED) is 0.853. The van der Waals surface area contributed by atoms with Crippen LogP contribution < -0.4 is 5.32 Å². The van der Waals surface area contributed by atoms with Crippen molar-refractivity contribution in [2.45, 2.75) is 13.3 Å². The van der Waals surface area contributed by atoms with Crippen LogP contribution in [0.25, 0.3) is 0 Å². The molecule has 0 fully saturated rings. The lowest BCUT2D eigenvalue weighted by Gasteiger charge is -2.10. The van der Waals surface area contributed by atoms with Crippen LogP contribution in [0.5, 0.6) is 0 Å². The number of carboxylic acids is 1. The number of halogens is 2. The zero-order chi connectivity index (χ0) is 12.1. The van der Waals surface area contributed by atoms with Crippen molar-refractivity contribution < 1.29 is 9.90 Å². The van der Waals surface area contributed by atoms with E-state index in [0.717, 1.165) is 5.69 Å². The zero-order valence-corrected chi connectivity index (χ0v) is 10.3. The fourth-order valence-corrected chi connectivity index (χ4v) is 1.54. The molecular weight excluding hydrogens is 249 g/mol. The molecule has 88 valence electrons. The van der Waals surface area contributed by atoms with Gasteiger partial charge in [-0.3, -0.25) is 4.79 Å². The minimum absolute atomic E-state index is 0.370. The molecule has 0 aromatic heterocycles. The molecule has 0 bridgehead atoms. The van der Waals surface area contributed by atoms with E-state index in [9.17, 15) is 4.79 Å². The third-order valence-electron chi connectivity index (χ3n) is 2.24. The number of hydrogen-bond acceptors (Lipinski definition) is 2. The summed E-state index contributed by atoms with van der Waals surface area (Å²) < 4.78 is 0. The van der Waals surface area contributed by atoms with Gasteiger partial charge in [-0.05, 0) is 24.6 Å². The van der Waals surface area contributed by atoms with Gasteiger partial charge < -0.3 is 10.4 Å². The van der Waals surface area contributed by atoms with Crippen LogP contribution in [0.1, 0.15) is 13.3 Å². The van der Waals surface area contributed by atoms with Crippen molar-refractivity contribution in [1.82, 2.24) is 0 Å². The number of hydrogen-bond donors (Lipinski definition) is 2. The molecule has 0 saturated heterocycles. The van der Waals surface area contributed by atoms with Crippen LogP contribution in [0.4, 0.5) is 5.69 Å². The molecule has 1 unspecified atom stereocenters. The highest BCUT2D eigenvalue weighted by atomic mass is 35.5. The minimum Gasteiger partial charge on any atom is -0.481 e. The molecule has 0 aliphatic rings. The van der Waals surface area contributed by atoms with Crippen LogP contribution >= 0.6 is 23.2 Å². The predicted octanol–water partition coefficient (Wildman–Crippen LogP) is 3.52. The number of rotatable bonds is 5. The third kappa shape index (κ3) is 3.91. The Morgan fingerprint density at radius 1 is 1.50 bits per heavy atom. The maximum atomic E-state index is 10.6. The van der Waals surface area contributed by atoms with Gasteiger partial charge in [-0.15, -0.1) is 0 Å². The van der Waals surface area contributed by atoms with Gasteiger partial charge in [0.25, 0.3) is 0 Å². The Balaban J connectivity index is 2.48. The van der Waals surface area contributed by atoms with Crippen molar-refractivity contribution in [1.29, 1.82) is 0 Å². The van der Waals surface area contributed by atoms with Gasteiger partial charge in [0.1, 0.15) is 0 Å². The first-order chi connectivity index (χ1) is 7.50. The topological polar surface area (TPSA) is 49.3 Å². The molecule has 0 amide bonds. The van der Waals surface area contributed by atoms with Crippen molar-refractivity contribution in [3.8, 4) is 0 Å².